The summed E-state index contributed by atoms with van der Waals surface area (Å²) in [5.41, 5.74) is 8.73. The zero-order chi connectivity index (χ0) is 34.2. The van der Waals surface area contributed by atoms with Crippen molar-refractivity contribution < 1.29 is 18.8 Å². The second kappa shape index (κ2) is 11.9. The van der Waals surface area contributed by atoms with Crippen LogP contribution in [0.25, 0.3) is 11.5 Å². The number of nitrogen functional groups attached to an aromatic ring is 1. The van der Waals surface area contributed by atoms with Gasteiger partial charge in [-0.1, -0.05) is 5.16 Å². The zero-order valence-electron chi connectivity index (χ0n) is 29.0. The number of ether oxygens (including phenoxy) is 2. The summed E-state index contributed by atoms with van der Waals surface area (Å²) in [5.74, 6) is 3.29. The molecule has 0 radical (unpaired) electrons. The number of alkyl carbamates (subject to hydrolysis) is 1. The first-order valence-electron chi connectivity index (χ1n) is 17.8. The van der Waals surface area contributed by atoms with Crippen LogP contribution in [-0.4, -0.2) is 76.6 Å². The Morgan fingerprint density at radius 2 is 1.96 bits per heavy atom. The fourth-order valence-corrected chi connectivity index (χ4v) is 10.3. The van der Waals surface area contributed by atoms with E-state index in [2.05, 4.69) is 40.3 Å². The summed E-state index contributed by atoms with van der Waals surface area (Å²) in [4.78, 5) is 28.4. The molecule has 1 saturated carbocycles. The highest BCUT2D eigenvalue weighted by Gasteiger charge is 2.57. The number of anilines is 2. The normalized spacial score (nSPS) is 28.0. The average molecular weight is 687 g/mol. The highest BCUT2D eigenvalue weighted by molar-refractivity contribution is 7.16. The molecule has 3 aromatic rings. The smallest absolute Gasteiger partial charge is 0.407 e. The molecule has 2 aliphatic heterocycles. The van der Waals surface area contributed by atoms with Gasteiger partial charge in [0.2, 0.25) is 5.88 Å². The molecule has 12 nitrogen and oxygen atoms in total. The molecule has 3 N–H and O–H groups in total. The molecule has 5 aliphatic rings. The van der Waals surface area contributed by atoms with Crippen LogP contribution in [0.5, 0.6) is 5.88 Å². The first kappa shape index (κ1) is 32.3. The number of likely N-dealkylation sites (N-methyl/N-ethyl adjacent to an activating group) is 1. The Labute approximate surface area is 291 Å². The van der Waals surface area contributed by atoms with Crippen LogP contribution in [0.4, 0.5) is 15.6 Å². The molecular formula is C36H46N8O4S. The van der Waals surface area contributed by atoms with Crippen LogP contribution in [0.15, 0.2) is 10.6 Å². The SMILES string of the molecule is C[C@H](Oc1cc(N2C[C@@H]3[C@H](C2)[C@H]3NC(=O)OC(C)(C)C)nc(-c2noc3c2CCC[C@@]32CCCc3sc(N)c(C#N)c32)n1)[C@@H]1CCCN1C. The lowest BCUT2D eigenvalue weighted by molar-refractivity contribution is 0.0518. The molecule has 6 atom stereocenters. The van der Waals surface area contributed by atoms with Gasteiger partial charge in [0.15, 0.2) is 17.3 Å². The number of fused-ring (bicyclic) bond motifs is 5. The number of amides is 1. The Morgan fingerprint density at radius 3 is 2.65 bits per heavy atom. The summed E-state index contributed by atoms with van der Waals surface area (Å²) >= 11 is 1.54. The minimum Gasteiger partial charge on any atom is -0.473 e. The summed E-state index contributed by atoms with van der Waals surface area (Å²) in [6.45, 7) is 10.3. The van der Waals surface area contributed by atoms with Gasteiger partial charge < -0.3 is 29.9 Å². The van der Waals surface area contributed by atoms with Crippen molar-refractivity contribution in [3.05, 3.63) is 33.4 Å². The summed E-state index contributed by atoms with van der Waals surface area (Å²) in [7, 11) is 2.15. The van der Waals surface area contributed by atoms with Crippen LogP contribution in [0, 0.1) is 23.2 Å². The Balaban J connectivity index is 1.12. The second-order valence-electron chi connectivity index (χ2n) is 15.7. The highest BCUT2D eigenvalue weighted by atomic mass is 32.1. The third-order valence-corrected chi connectivity index (χ3v) is 12.5. The lowest BCUT2D eigenvalue weighted by atomic mass is 9.63. The number of nitrogens with one attached hydrogen (secondary N) is 1. The monoisotopic (exact) mass is 686 g/mol. The maximum absolute atomic E-state index is 12.5. The summed E-state index contributed by atoms with van der Waals surface area (Å²) < 4.78 is 18.4. The number of nitrogens with two attached hydrogens (primary N) is 1. The minimum atomic E-state index is -0.535. The molecule has 1 spiro atoms. The topological polar surface area (TPSA) is 156 Å². The Morgan fingerprint density at radius 1 is 1.20 bits per heavy atom. The highest BCUT2D eigenvalue weighted by Crippen LogP contribution is 2.55. The summed E-state index contributed by atoms with van der Waals surface area (Å²) in [5, 5.41) is 18.5. The van der Waals surface area contributed by atoms with E-state index in [1.807, 2.05) is 26.8 Å². The van der Waals surface area contributed by atoms with Crippen molar-refractivity contribution in [1.82, 2.24) is 25.3 Å². The number of nitriles is 1. The van der Waals surface area contributed by atoms with Crippen LogP contribution in [-0.2, 0) is 23.0 Å². The van der Waals surface area contributed by atoms with E-state index in [9.17, 15) is 10.1 Å². The van der Waals surface area contributed by atoms with Gasteiger partial charge in [-0.25, -0.2) is 9.78 Å². The van der Waals surface area contributed by atoms with Crippen LogP contribution >= 0.6 is 11.3 Å². The van der Waals surface area contributed by atoms with Gasteiger partial charge in [0.05, 0.1) is 11.0 Å². The number of thiophene rings is 1. The summed E-state index contributed by atoms with van der Waals surface area (Å²) in [6.07, 6.45) is 7.28. The van der Waals surface area contributed by atoms with Crippen molar-refractivity contribution in [3.63, 3.8) is 0 Å². The third kappa shape index (κ3) is 5.61. The maximum atomic E-state index is 12.5. The fraction of sp³-hybridized carbons (Fsp3) is 0.639. The van der Waals surface area contributed by atoms with E-state index in [-0.39, 0.29) is 18.2 Å². The predicted octanol–water partition coefficient (Wildman–Crippen LogP) is 5.43. The van der Waals surface area contributed by atoms with Gasteiger partial charge in [0, 0.05) is 53.5 Å². The van der Waals surface area contributed by atoms with Crippen molar-refractivity contribution in [2.75, 3.05) is 37.3 Å². The van der Waals surface area contributed by atoms with Crippen LogP contribution in [0.3, 0.4) is 0 Å². The number of hydrogen-bond acceptors (Lipinski definition) is 12. The third-order valence-electron chi connectivity index (χ3n) is 11.4. The van der Waals surface area contributed by atoms with Crippen molar-refractivity contribution in [2.45, 2.75) is 108 Å². The Hall–Kier alpha value is -3.89. The zero-order valence-corrected chi connectivity index (χ0v) is 29.9. The molecule has 260 valence electrons. The van der Waals surface area contributed by atoms with Crippen LogP contribution < -0.4 is 20.7 Å². The fourth-order valence-electron chi connectivity index (χ4n) is 9.13. The van der Waals surface area contributed by atoms with Gasteiger partial charge in [-0.2, -0.15) is 10.2 Å². The molecule has 3 aromatic heterocycles. The number of aryl methyl sites for hydroxylation is 1. The van der Waals surface area contributed by atoms with E-state index in [1.165, 1.54) is 4.88 Å². The predicted molar refractivity (Wildman–Crippen MR) is 186 cm³/mol. The van der Waals surface area contributed by atoms with Gasteiger partial charge in [0.25, 0.3) is 0 Å². The summed E-state index contributed by atoms with van der Waals surface area (Å²) in [6, 6.07) is 4.77. The Kier molecular flexibility index (Phi) is 7.83. The number of nitrogens with zero attached hydrogens (tertiary/aromatic N) is 6. The van der Waals surface area contributed by atoms with E-state index in [1.54, 1.807) is 11.3 Å². The quantitative estimate of drug-likeness (QED) is 0.341. The van der Waals surface area contributed by atoms with E-state index < -0.39 is 11.0 Å². The van der Waals surface area contributed by atoms with Crippen LogP contribution in [0.2, 0.25) is 0 Å². The first-order valence-corrected chi connectivity index (χ1v) is 18.6. The van der Waals surface area contributed by atoms with Gasteiger partial charge in [0.1, 0.15) is 28.6 Å². The molecule has 3 fully saturated rings. The van der Waals surface area contributed by atoms with Crippen molar-refractivity contribution in [3.8, 4) is 23.5 Å². The first-order chi connectivity index (χ1) is 23.5. The molecule has 3 aliphatic carbocycles. The molecule has 8 rings (SSSR count). The van der Waals surface area contributed by atoms with Crippen molar-refractivity contribution in [1.29, 1.82) is 5.26 Å². The average Bonchev–Trinajstić information content (AvgIpc) is 3.61. The molecule has 0 aromatic carbocycles. The number of carbonyl (C=O) groups excluding carboxylic acids is 1. The number of carbonyl (C=O) groups is 1. The molecule has 5 heterocycles. The molecule has 2 saturated heterocycles. The minimum absolute atomic E-state index is 0.0545. The number of hydrogen-bond donors (Lipinski definition) is 2. The lowest BCUT2D eigenvalue weighted by Crippen LogP contribution is -2.38. The number of aromatic nitrogens is 3. The number of rotatable bonds is 6. The number of piperidine rings is 1. The molecule has 0 bridgehead atoms. The molecule has 13 heteroatoms. The van der Waals surface area contributed by atoms with E-state index in [0.717, 1.165) is 93.7 Å². The van der Waals surface area contributed by atoms with E-state index >= 15 is 0 Å². The lowest BCUT2D eigenvalue weighted by Gasteiger charge is -2.39. The van der Waals surface area contributed by atoms with Gasteiger partial charge in [-0.15, -0.1) is 11.3 Å². The van der Waals surface area contributed by atoms with Crippen LogP contribution in [0.1, 0.15) is 93.5 Å². The number of likely N-dealkylation sites (tertiary alicyclic amines) is 1. The molecule has 1 amide bonds. The van der Waals surface area contributed by atoms with Gasteiger partial charge in [-0.05, 0) is 98.2 Å². The molecule has 0 unspecified atom stereocenters. The second-order valence-corrected chi connectivity index (χ2v) is 16.8. The van der Waals surface area contributed by atoms with Crippen molar-refractivity contribution >= 4 is 28.2 Å². The van der Waals surface area contributed by atoms with Crippen molar-refractivity contribution in [2.24, 2.45) is 11.8 Å². The van der Waals surface area contributed by atoms with Gasteiger partial charge >= 0.3 is 6.09 Å². The van der Waals surface area contributed by atoms with E-state index in [4.69, 9.17) is 29.7 Å². The largest absolute Gasteiger partial charge is 0.473 e. The Bertz CT molecular complexity index is 1810. The molecule has 49 heavy (non-hydrogen) atoms. The van der Waals surface area contributed by atoms with E-state index in [0.29, 0.717) is 45.8 Å². The van der Waals surface area contributed by atoms with Gasteiger partial charge in [-0.3, -0.25) is 4.90 Å². The molecular weight excluding hydrogens is 641 g/mol. The standard InChI is InChI=1S/C36H46N8O4S/c1-19(24-10-8-14-43(24)5)46-27-15-26(44-17-22-23(18-44)29(22)41-34(45)47-35(2,3)4)39-33(40-27)30-20-9-6-12-36(31(20)48-42-30)13-7-11-25-28(36)21(16-37)32(38)49-25/h15,19,22-24,29H,6-14,17-18,38H2,1-5H3,(H,41,45)/t19-,22-,23+,24-,29+,36-/m0/s1. The maximum Gasteiger partial charge on any atom is 0.407 e.